The molecule has 2 rings (SSSR count). The number of thioether (sulfide) groups is 1. The first-order valence-corrected chi connectivity index (χ1v) is 7.62. The number of benzene rings is 1. The Morgan fingerprint density at radius 3 is 2.75 bits per heavy atom. The number of rotatable bonds is 4. The Labute approximate surface area is 123 Å². The summed E-state index contributed by atoms with van der Waals surface area (Å²) in [5.74, 6) is 0.194. The first-order chi connectivity index (χ1) is 9.54. The number of esters is 1. The van der Waals surface area contributed by atoms with E-state index in [1.54, 1.807) is 16.7 Å². The third-order valence-electron chi connectivity index (χ3n) is 3.43. The van der Waals surface area contributed by atoms with Gasteiger partial charge in [-0.3, -0.25) is 9.59 Å². The van der Waals surface area contributed by atoms with Crippen LogP contribution in [0.2, 0.25) is 0 Å². The molecule has 1 heterocycles. The lowest BCUT2D eigenvalue weighted by molar-refractivity contribution is -0.148. The fourth-order valence-electron chi connectivity index (χ4n) is 2.29. The van der Waals surface area contributed by atoms with Gasteiger partial charge in [-0.05, 0) is 25.5 Å². The highest BCUT2D eigenvalue weighted by Gasteiger charge is 2.33. The molecule has 1 aromatic carbocycles. The Bertz CT molecular complexity index is 516. The Hall–Kier alpha value is -1.49. The van der Waals surface area contributed by atoms with Crippen LogP contribution in [0.3, 0.4) is 0 Å². The van der Waals surface area contributed by atoms with Crippen LogP contribution >= 0.6 is 11.8 Å². The van der Waals surface area contributed by atoms with Crippen molar-refractivity contribution in [2.75, 3.05) is 19.4 Å². The van der Waals surface area contributed by atoms with E-state index in [1.165, 1.54) is 7.11 Å². The molecule has 4 nitrogen and oxygen atoms in total. The van der Waals surface area contributed by atoms with Crippen LogP contribution in [0.25, 0.3) is 0 Å². The molecule has 1 aliphatic heterocycles. The van der Waals surface area contributed by atoms with Gasteiger partial charge in [0.25, 0.3) is 0 Å². The van der Waals surface area contributed by atoms with Gasteiger partial charge in [-0.2, -0.15) is 0 Å². The number of amides is 1. The van der Waals surface area contributed by atoms with Crippen molar-refractivity contribution in [1.82, 2.24) is 4.90 Å². The predicted octanol–water partition coefficient (Wildman–Crippen LogP) is 2.29. The monoisotopic (exact) mass is 293 g/mol. The van der Waals surface area contributed by atoms with Crippen molar-refractivity contribution in [2.24, 2.45) is 0 Å². The fraction of sp³-hybridized carbons (Fsp3) is 0.467. The van der Waals surface area contributed by atoms with E-state index in [0.717, 1.165) is 16.2 Å². The van der Waals surface area contributed by atoms with Gasteiger partial charge < -0.3 is 9.64 Å². The molecule has 0 saturated heterocycles. The molecule has 1 atom stereocenters. The van der Waals surface area contributed by atoms with E-state index in [0.29, 0.717) is 0 Å². The summed E-state index contributed by atoms with van der Waals surface area (Å²) in [7, 11) is 1.34. The summed E-state index contributed by atoms with van der Waals surface area (Å²) < 4.78 is 4.68. The Kier molecular flexibility index (Phi) is 4.70. The number of carbonyl (C=O) groups excluding carboxylic acids is 2. The van der Waals surface area contributed by atoms with Gasteiger partial charge in [0, 0.05) is 16.7 Å². The molecule has 0 radical (unpaired) electrons. The van der Waals surface area contributed by atoms with Gasteiger partial charge >= 0.3 is 5.97 Å². The van der Waals surface area contributed by atoms with Gasteiger partial charge in [0.15, 0.2) is 0 Å². The van der Waals surface area contributed by atoms with Crippen LogP contribution in [0.1, 0.15) is 25.3 Å². The Morgan fingerprint density at radius 2 is 2.10 bits per heavy atom. The average molecular weight is 293 g/mol. The molecule has 0 aromatic heterocycles. The summed E-state index contributed by atoms with van der Waals surface area (Å²) in [5.41, 5.74) is 1.07. The lowest BCUT2D eigenvalue weighted by Crippen LogP contribution is -2.43. The molecule has 1 aliphatic rings. The molecule has 1 amide bonds. The molecule has 0 saturated carbocycles. The third kappa shape index (κ3) is 2.98. The van der Waals surface area contributed by atoms with Crippen LogP contribution in [-0.2, 0) is 14.3 Å². The van der Waals surface area contributed by atoms with Gasteiger partial charge in [-0.1, -0.05) is 18.2 Å². The summed E-state index contributed by atoms with van der Waals surface area (Å²) in [6, 6.07) is 7.93. The number of carbonyl (C=O) groups is 2. The molecule has 0 bridgehead atoms. The van der Waals surface area contributed by atoms with Crippen molar-refractivity contribution >= 4 is 23.6 Å². The van der Waals surface area contributed by atoms with Crippen molar-refractivity contribution in [3.8, 4) is 0 Å². The van der Waals surface area contributed by atoms with Crippen LogP contribution in [0.5, 0.6) is 0 Å². The van der Waals surface area contributed by atoms with Crippen molar-refractivity contribution in [2.45, 2.75) is 30.7 Å². The fourth-order valence-corrected chi connectivity index (χ4v) is 3.51. The van der Waals surface area contributed by atoms with E-state index in [-0.39, 0.29) is 30.4 Å². The Balaban J connectivity index is 2.19. The predicted molar refractivity (Wildman–Crippen MR) is 78.8 cm³/mol. The SMILES string of the molecule is COC(=O)CN(C(=O)C1CSc2ccccc21)C(C)C. The minimum absolute atomic E-state index is 0.00264. The van der Waals surface area contributed by atoms with Crippen LogP contribution in [0, 0.1) is 0 Å². The minimum Gasteiger partial charge on any atom is -0.468 e. The smallest absolute Gasteiger partial charge is 0.325 e. The summed E-state index contributed by atoms with van der Waals surface area (Å²) in [6.07, 6.45) is 0. The topological polar surface area (TPSA) is 46.6 Å². The zero-order valence-electron chi connectivity index (χ0n) is 12.0. The van der Waals surface area contributed by atoms with Crippen LogP contribution in [-0.4, -0.2) is 42.2 Å². The Morgan fingerprint density at radius 1 is 1.40 bits per heavy atom. The normalized spacial score (nSPS) is 16.9. The molecule has 20 heavy (non-hydrogen) atoms. The van der Waals surface area contributed by atoms with Crippen molar-refractivity contribution in [3.05, 3.63) is 29.8 Å². The average Bonchev–Trinajstić information content (AvgIpc) is 2.87. The minimum atomic E-state index is -0.383. The van der Waals surface area contributed by atoms with Crippen molar-refractivity contribution in [1.29, 1.82) is 0 Å². The second-order valence-electron chi connectivity index (χ2n) is 5.04. The largest absolute Gasteiger partial charge is 0.468 e. The third-order valence-corrected chi connectivity index (χ3v) is 4.61. The highest BCUT2D eigenvalue weighted by molar-refractivity contribution is 7.99. The molecule has 0 fully saturated rings. The summed E-state index contributed by atoms with van der Waals surface area (Å²) >= 11 is 1.69. The van der Waals surface area contributed by atoms with Gasteiger partial charge in [-0.25, -0.2) is 0 Å². The highest BCUT2D eigenvalue weighted by atomic mass is 32.2. The molecular formula is C15H19NO3S. The summed E-state index contributed by atoms with van der Waals surface area (Å²) in [6.45, 7) is 3.83. The van der Waals surface area contributed by atoms with Gasteiger partial charge in [0.05, 0.1) is 13.0 Å². The quantitative estimate of drug-likeness (QED) is 0.799. The lowest BCUT2D eigenvalue weighted by Gasteiger charge is -2.28. The second-order valence-corrected chi connectivity index (χ2v) is 6.10. The number of methoxy groups -OCH3 is 1. The van der Waals surface area contributed by atoms with Crippen LogP contribution < -0.4 is 0 Å². The van der Waals surface area contributed by atoms with Crippen molar-refractivity contribution in [3.63, 3.8) is 0 Å². The molecule has 0 N–H and O–H groups in total. The number of hydrogen-bond acceptors (Lipinski definition) is 4. The summed E-state index contributed by atoms with van der Waals surface area (Å²) in [4.78, 5) is 26.9. The number of nitrogens with zero attached hydrogens (tertiary/aromatic N) is 1. The second kappa shape index (κ2) is 6.31. The van der Waals surface area contributed by atoms with Gasteiger partial charge in [0.2, 0.25) is 5.91 Å². The maximum absolute atomic E-state index is 12.7. The molecule has 108 valence electrons. The lowest BCUT2D eigenvalue weighted by atomic mass is 9.99. The van der Waals surface area contributed by atoms with E-state index in [9.17, 15) is 9.59 Å². The molecule has 1 aromatic rings. The maximum Gasteiger partial charge on any atom is 0.325 e. The van der Waals surface area contributed by atoms with Crippen molar-refractivity contribution < 1.29 is 14.3 Å². The number of hydrogen-bond donors (Lipinski definition) is 0. The maximum atomic E-state index is 12.7. The standard InChI is InChI=1S/C15H19NO3S/c1-10(2)16(8-14(17)19-3)15(18)12-9-20-13-7-5-4-6-11(12)13/h4-7,10,12H,8-9H2,1-3H3. The highest BCUT2D eigenvalue weighted by Crippen LogP contribution is 2.40. The zero-order valence-corrected chi connectivity index (χ0v) is 12.8. The first-order valence-electron chi connectivity index (χ1n) is 6.63. The molecule has 0 spiro atoms. The number of fused-ring (bicyclic) bond motifs is 1. The molecular weight excluding hydrogens is 274 g/mol. The molecule has 5 heteroatoms. The first kappa shape index (κ1) is 14.9. The van der Waals surface area contributed by atoms with Gasteiger partial charge in [0.1, 0.15) is 6.54 Å². The van der Waals surface area contributed by atoms with Gasteiger partial charge in [-0.15, -0.1) is 11.8 Å². The number of ether oxygens (including phenoxy) is 1. The molecule has 0 aliphatic carbocycles. The van der Waals surface area contributed by atoms with E-state index >= 15 is 0 Å². The van der Waals surface area contributed by atoms with E-state index < -0.39 is 0 Å². The van der Waals surface area contributed by atoms with E-state index in [2.05, 4.69) is 4.74 Å². The molecule has 1 unspecified atom stereocenters. The zero-order chi connectivity index (χ0) is 14.7. The van der Waals surface area contributed by atoms with E-state index in [1.807, 2.05) is 38.1 Å². The van der Waals surface area contributed by atoms with Crippen LogP contribution in [0.4, 0.5) is 0 Å². The van der Waals surface area contributed by atoms with E-state index in [4.69, 9.17) is 0 Å². The summed E-state index contributed by atoms with van der Waals surface area (Å²) in [5, 5.41) is 0. The van der Waals surface area contributed by atoms with Crippen LogP contribution in [0.15, 0.2) is 29.2 Å².